The molecule has 0 aliphatic carbocycles. The summed E-state index contributed by atoms with van der Waals surface area (Å²) >= 11 is -0.445. The Hall–Kier alpha value is -12.0. The average Bonchev–Trinajstić information content (AvgIpc) is 1.73. The predicted octanol–water partition coefficient (Wildman–Crippen LogP) is 26.2. The van der Waals surface area contributed by atoms with Crippen LogP contribution in [-0.2, 0) is 48.3 Å². The van der Waals surface area contributed by atoms with Gasteiger partial charge in [0.2, 0.25) is 29.4 Å². The normalized spacial score (nSPS) is 12.7. The Balaban J connectivity index is 0.000000120. The molecule has 129 heavy (non-hydrogen) atoms. The molecule has 16 aromatic rings. The van der Waals surface area contributed by atoms with Crippen molar-refractivity contribution >= 4 is 80.2 Å². The number of carbonyl (C=O) groups excluding carboxylic acids is 1. The van der Waals surface area contributed by atoms with Crippen molar-refractivity contribution in [2.45, 2.75) is 128 Å². The molecular formula is C112H106INO10S5+6. The Morgan fingerprint density at radius 2 is 0.767 bits per heavy atom. The molecule has 0 saturated carbocycles. The quantitative estimate of drug-likeness (QED) is 0.0296. The molecule has 0 atom stereocenters. The van der Waals surface area contributed by atoms with Crippen LogP contribution >= 0.6 is 10.5 Å². The summed E-state index contributed by atoms with van der Waals surface area (Å²) in [5.74, 6) is 12.3. The topological polar surface area (TPSA) is 124 Å². The lowest BCUT2D eigenvalue weighted by atomic mass is 10.1. The van der Waals surface area contributed by atoms with E-state index in [0.29, 0.717) is 28.6 Å². The minimum absolute atomic E-state index is 0.00832. The fourth-order valence-corrected chi connectivity index (χ4v) is 29.3. The number of para-hydroxylation sites is 6. The summed E-state index contributed by atoms with van der Waals surface area (Å²) in [6.07, 6.45) is 12.0. The van der Waals surface area contributed by atoms with Gasteiger partial charge in [0.25, 0.3) is 3.57 Å². The van der Waals surface area contributed by atoms with Gasteiger partial charge in [0.05, 0.1) is 58.8 Å². The highest BCUT2D eigenvalue weighted by Gasteiger charge is 2.42. The van der Waals surface area contributed by atoms with E-state index in [1.807, 2.05) is 153 Å². The van der Waals surface area contributed by atoms with E-state index in [4.69, 9.17) is 47.9 Å². The van der Waals surface area contributed by atoms with Crippen molar-refractivity contribution in [3.8, 4) is 74.2 Å². The standard InChI is InChI=1S/C23H32IO4.C20H15O3S.C20H17OS.C19H12NOS.C19H15OS.C11H15S/c1-5-6-7-8-9-10-15-28-19-13-11-18(12-14-19)24-23-21(26-3)16-20(25-2)17-22(23)27-4;1-22-20(21)14-10-12-15(13-11-14)24-18-8-4-2-6-16(18)23-17-7-3-5-9-19(17)24;1-2-21-15-11-13-16(14-12-15)22-19-9-5-3-7-17(19)18-8-4-6-10-20(18)22;20-13-14-9-11-15(12-10-14)22-18-7-3-1-5-16(18)21-17-6-2-4-8-19(17)22;1-14-10-12-15(13-11-14)21-18-8-4-2-6-16(18)20-17-7-3-5-9-19(17)21;1-3-7-11(8-4-1)12-9-5-2-6-10-12/h11-14,16-17H,5-10,15H2,1-4H3;2-13H,1H3;3-14H,2H2,1H3;1-12H;2-13H,1H3;1,3-4,7-8H,2,5-6,9-10H2/q6*+1. The number of thiophene rings is 1. The van der Waals surface area contributed by atoms with Crippen molar-refractivity contribution in [3.63, 3.8) is 0 Å². The zero-order chi connectivity index (χ0) is 89.1. The van der Waals surface area contributed by atoms with Crippen molar-refractivity contribution in [3.05, 3.63) is 382 Å². The summed E-state index contributed by atoms with van der Waals surface area (Å²) in [4.78, 5) is 25.5. The minimum Gasteiger partial charge on any atom is -0.496 e. The molecule has 15 aromatic carbocycles. The van der Waals surface area contributed by atoms with E-state index in [1.54, 1.807) is 26.2 Å². The van der Waals surface area contributed by atoms with Crippen molar-refractivity contribution in [1.82, 2.24) is 0 Å². The number of methoxy groups -OCH3 is 4. The first kappa shape index (κ1) is 91.7. The fourth-order valence-electron chi connectivity index (χ4n) is 15.3. The monoisotopic (exact) mass is 1910 g/mol. The second-order valence-electron chi connectivity index (χ2n) is 30.4. The Kier molecular flexibility index (Phi) is 32.9. The predicted molar refractivity (Wildman–Crippen MR) is 526 cm³/mol. The molecule has 1 aromatic heterocycles. The third-order valence-corrected chi connectivity index (χ3v) is 36.4. The van der Waals surface area contributed by atoms with Gasteiger partial charge in [0, 0.05) is 56.4 Å². The van der Waals surface area contributed by atoms with E-state index in [9.17, 15) is 4.79 Å². The number of fused-ring (bicyclic) bond motifs is 9. The first-order chi connectivity index (χ1) is 63.5. The van der Waals surface area contributed by atoms with Crippen LogP contribution < -0.4 is 59.1 Å². The average molecular weight is 1910 g/mol. The minimum atomic E-state index is -0.445. The Bertz CT molecular complexity index is 6190. The van der Waals surface area contributed by atoms with Gasteiger partial charge in [-0.05, 0) is 246 Å². The molecule has 0 radical (unpaired) electrons. The number of aryl methyl sites for hydroxylation is 1. The van der Waals surface area contributed by atoms with Crippen molar-refractivity contribution in [2.24, 2.45) is 0 Å². The number of rotatable bonds is 21. The van der Waals surface area contributed by atoms with Gasteiger partial charge in [-0.15, -0.1) is 0 Å². The molecule has 1 saturated heterocycles. The summed E-state index contributed by atoms with van der Waals surface area (Å²) in [5.41, 5.74) is 2.53. The summed E-state index contributed by atoms with van der Waals surface area (Å²) in [7, 11) is 6.43. The maximum atomic E-state index is 11.7. The van der Waals surface area contributed by atoms with Crippen LogP contribution in [0.4, 0.5) is 0 Å². The molecule has 0 spiro atoms. The number of esters is 1. The third kappa shape index (κ3) is 23.0. The van der Waals surface area contributed by atoms with Crippen LogP contribution in [0.25, 0.3) is 25.1 Å². The number of hydrogen-bond donors (Lipinski definition) is 0. The highest BCUT2D eigenvalue weighted by molar-refractivity contribution is 7.98. The zero-order valence-electron chi connectivity index (χ0n) is 73.7. The Labute approximate surface area is 784 Å². The molecule has 4 aliphatic rings. The number of carbonyl (C=O) groups is 1. The molecule has 0 N–H and O–H groups in total. The molecule has 0 bridgehead atoms. The van der Waals surface area contributed by atoms with Crippen LogP contribution in [0.3, 0.4) is 0 Å². The highest BCUT2D eigenvalue weighted by atomic mass is 127. The van der Waals surface area contributed by atoms with Gasteiger partial charge >= 0.3 is 27.2 Å². The van der Waals surface area contributed by atoms with E-state index >= 15 is 0 Å². The smallest absolute Gasteiger partial charge is 0.366 e. The maximum absolute atomic E-state index is 11.7. The first-order valence-corrected chi connectivity index (χ1v) is 52.3. The Morgan fingerprint density at radius 3 is 1.19 bits per heavy atom. The number of unbranched alkanes of at least 4 members (excludes halogenated alkanes) is 5. The van der Waals surface area contributed by atoms with Crippen molar-refractivity contribution in [1.29, 1.82) is 5.26 Å². The van der Waals surface area contributed by atoms with Gasteiger partial charge < -0.3 is 42.6 Å². The molecule has 1 fully saturated rings. The van der Waals surface area contributed by atoms with Crippen LogP contribution in [0.5, 0.6) is 63.2 Å². The molecule has 0 amide bonds. The van der Waals surface area contributed by atoms with Crippen molar-refractivity contribution < 1.29 is 68.6 Å². The van der Waals surface area contributed by atoms with E-state index < -0.39 is 21.2 Å². The van der Waals surface area contributed by atoms with Gasteiger partial charge in [0.1, 0.15) is 61.4 Å². The van der Waals surface area contributed by atoms with Gasteiger partial charge in [0.15, 0.2) is 83.4 Å². The zero-order valence-corrected chi connectivity index (χ0v) is 79.9. The summed E-state index contributed by atoms with van der Waals surface area (Å²) < 4.78 is 56.1. The molecule has 0 unspecified atom stereocenters. The molecule has 20 rings (SSSR count). The fraction of sp³-hybridized carbons (Fsp3) is 0.179. The number of benzene rings is 15. The number of ether oxygens (including phenoxy) is 9. The van der Waals surface area contributed by atoms with Gasteiger partial charge in [-0.2, -0.15) is 5.26 Å². The van der Waals surface area contributed by atoms with E-state index in [1.165, 1.54) is 134 Å². The lowest BCUT2D eigenvalue weighted by molar-refractivity contribution is -0.598. The highest BCUT2D eigenvalue weighted by Crippen LogP contribution is 2.52. The SMILES string of the molecule is CCCCCCCCOc1ccc([I+]c2c(OC)cc(OC)cc2OC)cc1.CCOc1ccc(-[s+]2c3ccccc3c3ccccc32)cc1.COC(=O)c1ccc([S+]2c3ccccc3Oc3ccccc32)cc1.Cc1ccc([S+]2c3ccccc3Oc3ccccc32)cc1.N#Cc1ccc([S+]2c3ccccc3Oc3ccccc32)cc1.c1ccc([S+]2CCCCC2)cc1. The van der Waals surface area contributed by atoms with Crippen LogP contribution in [0.1, 0.15) is 93.1 Å². The van der Waals surface area contributed by atoms with Crippen molar-refractivity contribution in [2.75, 3.05) is 53.2 Å². The second-order valence-corrected chi connectivity index (χ2v) is 43.3. The van der Waals surface area contributed by atoms with Gasteiger partial charge in [-0.1, -0.05) is 172 Å². The molecular weight excluding hydrogens is 1810 g/mol. The van der Waals surface area contributed by atoms with Gasteiger partial charge in [-0.25, -0.2) is 4.79 Å². The van der Waals surface area contributed by atoms with E-state index in [-0.39, 0.29) is 49.1 Å². The molecule has 17 heteroatoms. The largest absolute Gasteiger partial charge is 0.496 e. The molecule has 650 valence electrons. The summed E-state index contributed by atoms with van der Waals surface area (Å²) in [6.45, 7) is 7.88. The second kappa shape index (κ2) is 46.3. The lowest BCUT2D eigenvalue weighted by Gasteiger charge is -2.19. The molecule has 4 aliphatic heterocycles. The van der Waals surface area contributed by atoms with Crippen LogP contribution in [0.2, 0.25) is 0 Å². The van der Waals surface area contributed by atoms with Crippen LogP contribution in [0.15, 0.2) is 407 Å². The number of hydrogen-bond acceptors (Lipinski definition) is 11. The Morgan fingerprint density at radius 1 is 0.380 bits per heavy atom. The number of halogens is 1. The van der Waals surface area contributed by atoms with Gasteiger partial charge in [-0.3, -0.25) is 0 Å². The van der Waals surface area contributed by atoms with Crippen LogP contribution in [-0.4, -0.2) is 59.1 Å². The van der Waals surface area contributed by atoms with E-state index in [0.717, 1.165) is 94.5 Å². The summed E-state index contributed by atoms with van der Waals surface area (Å²) in [5, 5.41) is 11.7. The van der Waals surface area contributed by atoms with Crippen LogP contribution in [0, 0.1) is 25.4 Å². The first-order valence-electron chi connectivity index (χ1n) is 43.7. The maximum Gasteiger partial charge on any atom is 0.366 e. The van der Waals surface area contributed by atoms with E-state index in [2.05, 4.69) is 232 Å². The molecule has 11 nitrogen and oxygen atoms in total. The summed E-state index contributed by atoms with van der Waals surface area (Å²) in [6, 6.07) is 125. The third-order valence-electron chi connectivity index (χ3n) is 21.7. The number of nitriles is 1. The lowest BCUT2D eigenvalue weighted by Crippen LogP contribution is -3.61. The number of nitrogens with zero attached hydrogens (tertiary/aromatic N) is 1. The molecule has 5 heterocycles.